The predicted molar refractivity (Wildman–Crippen MR) is 111 cm³/mol. The molecule has 0 aromatic carbocycles. The van der Waals surface area contributed by atoms with Crippen molar-refractivity contribution >= 4 is 11.9 Å². The SMILES string of the molecule is CC1=C2C[C@H]3[C@H](CN4CCN(c5ncccn5)CC4)C(=O)O[C@@H]3C[C@@]2(C)CCC1. The zero-order valence-corrected chi connectivity index (χ0v) is 17.6. The molecule has 1 aromatic heterocycles. The summed E-state index contributed by atoms with van der Waals surface area (Å²) in [6.45, 7) is 9.23. The van der Waals surface area contributed by atoms with E-state index in [4.69, 9.17) is 4.74 Å². The number of carbonyl (C=O) groups is 1. The van der Waals surface area contributed by atoms with Gasteiger partial charge in [0, 0.05) is 51.0 Å². The fourth-order valence-electron chi connectivity index (χ4n) is 6.18. The van der Waals surface area contributed by atoms with Gasteiger partial charge in [-0.25, -0.2) is 9.97 Å². The van der Waals surface area contributed by atoms with E-state index in [1.165, 1.54) is 19.3 Å². The summed E-state index contributed by atoms with van der Waals surface area (Å²) in [6.07, 6.45) is 9.53. The lowest BCUT2D eigenvalue weighted by atomic mass is 9.59. The van der Waals surface area contributed by atoms with Crippen molar-refractivity contribution in [3.63, 3.8) is 0 Å². The number of aromatic nitrogens is 2. The third-order valence-corrected chi connectivity index (χ3v) is 7.84. The summed E-state index contributed by atoms with van der Waals surface area (Å²) in [5.41, 5.74) is 3.46. The van der Waals surface area contributed by atoms with Crippen LogP contribution in [0.2, 0.25) is 0 Å². The van der Waals surface area contributed by atoms with E-state index < -0.39 is 0 Å². The van der Waals surface area contributed by atoms with Gasteiger partial charge in [-0.05, 0) is 50.5 Å². The Hall–Kier alpha value is -1.95. The first-order valence-electron chi connectivity index (χ1n) is 11.2. The number of esters is 1. The van der Waals surface area contributed by atoms with E-state index >= 15 is 0 Å². The summed E-state index contributed by atoms with van der Waals surface area (Å²) in [5.74, 6) is 1.22. The molecule has 2 aliphatic carbocycles. The highest BCUT2D eigenvalue weighted by atomic mass is 16.6. The number of rotatable bonds is 3. The predicted octanol–water partition coefficient (Wildman–Crippen LogP) is 3.06. The molecule has 3 heterocycles. The van der Waals surface area contributed by atoms with Crippen LogP contribution in [0.4, 0.5) is 5.95 Å². The van der Waals surface area contributed by atoms with Gasteiger partial charge in [-0.3, -0.25) is 9.69 Å². The van der Waals surface area contributed by atoms with Gasteiger partial charge in [-0.1, -0.05) is 18.1 Å². The number of anilines is 1. The minimum Gasteiger partial charge on any atom is -0.462 e. The molecule has 3 fully saturated rings. The van der Waals surface area contributed by atoms with Crippen LogP contribution < -0.4 is 4.90 Å². The van der Waals surface area contributed by atoms with E-state index in [1.807, 2.05) is 6.07 Å². The van der Waals surface area contributed by atoms with Crippen LogP contribution in [-0.4, -0.2) is 59.7 Å². The summed E-state index contributed by atoms with van der Waals surface area (Å²) in [5, 5.41) is 0. The highest BCUT2D eigenvalue weighted by Gasteiger charge is 2.53. The minimum absolute atomic E-state index is 0.0197. The first-order chi connectivity index (χ1) is 14.0. The van der Waals surface area contributed by atoms with Crippen LogP contribution in [0.15, 0.2) is 29.6 Å². The Balaban J connectivity index is 1.25. The molecule has 2 aliphatic heterocycles. The van der Waals surface area contributed by atoms with Gasteiger partial charge in [-0.15, -0.1) is 0 Å². The first kappa shape index (κ1) is 19.0. The van der Waals surface area contributed by atoms with E-state index in [2.05, 4.69) is 33.6 Å². The van der Waals surface area contributed by atoms with Crippen LogP contribution in [0.5, 0.6) is 0 Å². The zero-order chi connectivity index (χ0) is 20.0. The molecular weight excluding hydrogens is 364 g/mol. The number of hydrogen-bond acceptors (Lipinski definition) is 6. The van der Waals surface area contributed by atoms with Crippen LogP contribution in [0.25, 0.3) is 0 Å². The Kier molecular flexibility index (Phi) is 4.85. The molecule has 0 bridgehead atoms. The molecule has 156 valence electrons. The van der Waals surface area contributed by atoms with Crippen molar-refractivity contribution in [1.82, 2.24) is 14.9 Å². The second-order valence-electron chi connectivity index (χ2n) is 9.66. The summed E-state index contributed by atoms with van der Waals surface area (Å²) < 4.78 is 5.94. The zero-order valence-electron chi connectivity index (χ0n) is 17.6. The third kappa shape index (κ3) is 3.45. The number of ether oxygens (including phenoxy) is 1. The Morgan fingerprint density at radius 2 is 1.97 bits per heavy atom. The quantitative estimate of drug-likeness (QED) is 0.578. The molecule has 0 amide bonds. The van der Waals surface area contributed by atoms with Crippen molar-refractivity contribution in [3.8, 4) is 0 Å². The molecule has 2 saturated heterocycles. The van der Waals surface area contributed by atoms with Gasteiger partial charge in [0.1, 0.15) is 6.10 Å². The number of hydrogen-bond donors (Lipinski definition) is 0. The first-order valence-corrected chi connectivity index (χ1v) is 11.2. The largest absolute Gasteiger partial charge is 0.462 e. The molecule has 0 N–H and O–H groups in total. The average molecular weight is 397 g/mol. The maximum Gasteiger partial charge on any atom is 0.310 e. The van der Waals surface area contributed by atoms with E-state index in [9.17, 15) is 4.79 Å². The van der Waals surface area contributed by atoms with Gasteiger partial charge in [0.2, 0.25) is 5.95 Å². The van der Waals surface area contributed by atoms with Crippen molar-refractivity contribution in [2.75, 3.05) is 37.6 Å². The summed E-state index contributed by atoms with van der Waals surface area (Å²) in [7, 11) is 0. The van der Waals surface area contributed by atoms with Gasteiger partial charge in [-0.2, -0.15) is 0 Å². The number of fused-ring (bicyclic) bond motifs is 2. The summed E-state index contributed by atoms with van der Waals surface area (Å²) in [4.78, 5) is 26.2. The van der Waals surface area contributed by atoms with Crippen molar-refractivity contribution < 1.29 is 9.53 Å². The number of allylic oxidation sites excluding steroid dienone is 2. The van der Waals surface area contributed by atoms with Gasteiger partial charge >= 0.3 is 5.97 Å². The lowest BCUT2D eigenvalue weighted by Gasteiger charge is -2.46. The van der Waals surface area contributed by atoms with Gasteiger partial charge in [0.05, 0.1) is 5.92 Å². The van der Waals surface area contributed by atoms with E-state index in [0.29, 0.717) is 5.92 Å². The molecule has 1 saturated carbocycles. The van der Waals surface area contributed by atoms with Crippen molar-refractivity contribution in [3.05, 3.63) is 29.6 Å². The van der Waals surface area contributed by atoms with E-state index in [0.717, 1.165) is 51.5 Å². The summed E-state index contributed by atoms with van der Waals surface area (Å²) in [6, 6.07) is 1.85. The number of nitrogens with zero attached hydrogens (tertiary/aromatic N) is 4. The lowest BCUT2D eigenvalue weighted by molar-refractivity contribution is -0.145. The third-order valence-electron chi connectivity index (χ3n) is 7.84. The molecule has 0 radical (unpaired) electrons. The van der Waals surface area contributed by atoms with E-state index in [1.54, 1.807) is 23.5 Å². The van der Waals surface area contributed by atoms with E-state index in [-0.39, 0.29) is 23.4 Å². The van der Waals surface area contributed by atoms with Crippen LogP contribution in [0.3, 0.4) is 0 Å². The Morgan fingerprint density at radius 1 is 1.21 bits per heavy atom. The Labute approximate surface area is 173 Å². The molecule has 1 aromatic rings. The number of piperazine rings is 1. The lowest BCUT2D eigenvalue weighted by Crippen LogP contribution is -2.49. The normalized spacial score (nSPS) is 35.3. The molecule has 5 rings (SSSR count). The fraction of sp³-hybridized carbons (Fsp3) is 0.696. The van der Waals surface area contributed by atoms with Gasteiger partial charge < -0.3 is 9.64 Å². The minimum atomic E-state index is 0.0197. The highest BCUT2D eigenvalue weighted by molar-refractivity contribution is 5.76. The van der Waals surface area contributed by atoms with Gasteiger partial charge in [0.15, 0.2) is 0 Å². The number of carbonyl (C=O) groups excluding carboxylic acids is 1. The van der Waals surface area contributed by atoms with Crippen LogP contribution in [-0.2, 0) is 9.53 Å². The Bertz CT molecular complexity index is 802. The van der Waals surface area contributed by atoms with Crippen LogP contribution in [0, 0.1) is 17.3 Å². The van der Waals surface area contributed by atoms with Crippen LogP contribution >= 0.6 is 0 Å². The fourth-order valence-corrected chi connectivity index (χ4v) is 6.18. The van der Waals surface area contributed by atoms with Crippen molar-refractivity contribution in [1.29, 1.82) is 0 Å². The molecule has 4 aliphatic rings. The smallest absolute Gasteiger partial charge is 0.310 e. The molecule has 6 heteroatoms. The topological polar surface area (TPSA) is 58.6 Å². The average Bonchev–Trinajstić information content (AvgIpc) is 3.01. The molecule has 0 spiro atoms. The molecule has 4 atom stereocenters. The second-order valence-corrected chi connectivity index (χ2v) is 9.66. The maximum atomic E-state index is 12.8. The summed E-state index contributed by atoms with van der Waals surface area (Å²) >= 11 is 0. The van der Waals surface area contributed by atoms with Crippen LogP contribution in [0.1, 0.15) is 46.0 Å². The van der Waals surface area contributed by atoms with Crippen molar-refractivity contribution in [2.45, 2.75) is 52.1 Å². The second kappa shape index (κ2) is 7.38. The monoisotopic (exact) mass is 396 g/mol. The molecule has 6 nitrogen and oxygen atoms in total. The highest BCUT2D eigenvalue weighted by Crippen LogP contribution is 2.55. The maximum absolute atomic E-state index is 12.8. The molecular formula is C23H32N4O2. The van der Waals surface area contributed by atoms with Crippen molar-refractivity contribution in [2.24, 2.45) is 17.3 Å². The Morgan fingerprint density at radius 3 is 2.72 bits per heavy atom. The molecule has 0 unspecified atom stereocenters. The molecule has 29 heavy (non-hydrogen) atoms. The standard InChI is InChI=1S/C23H32N4O2/c1-16-5-3-6-23(2)14-20-17(13-19(16)23)18(21(28)29-20)15-26-9-11-27(12-10-26)22-24-7-4-8-25-22/h4,7-8,17-18,20H,3,5-6,9-15H2,1-2H3/t17-,18-,20+,23+/m0/s1. The van der Waals surface area contributed by atoms with Gasteiger partial charge in [0.25, 0.3) is 0 Å².